The number of rotatable bonds is 13. The molecule has 0 radical (unpaired) electrons. The van der Waals surface area contributed by atoms with Crippen molar-refractivity contribution < 1.29 is 29.0 Å². The molecule has 73 heavy (non-hydrogen) atoms. The first-order valence-electron chi connectivity index (χ1n) is 24.6. The number of benzene rings is 2. The highest BCUT2D eigenvalue weighted by atomic mass is 32.1. The second-order valence-electron chi connectivity index (χ2n) is 20.1. The van der Waals surface area contributed by atoms with Crippen LogP contribution in [0.25, 0.3) is 15.4 Å². The third-order valence-electron chi connectivity index (χ3n) is 14.1. The van der Waals surface area contributed by atoms with Crippen LogP contribution in [-0.4, -0.2) is 127 Å². The Morgan fingerprint density at radius 2 is 1.58 bits per heavy atom. The van der Waals surface area contributed by atoms with Gasteiger partial charge in [-0.05, 0) is 75.3 Å². The molecule has 3 amide bonds. The molecule has 0 aliphatic carbocycles. The number of hydrogen-bond donors (Lipinski definition) is 3. The molecule has 2 aromatic carbocycles. The Labute approximate surface area is 433 Å². The molecule has 3 N–H and O–H groups in total. The molecule has 3 aliphatic rings. The predicted molar refractivity (Wildman–Crippen MR) is 282 cm³/mol. The van der Waals surface area contributed by atoms with Crippen LogP contribution in [0, 0.1) is 33.1 Å². The fraction of sp³-hybridized carbons (Fsp3) is 0.434. The second kappa shape index (κ2) is 20.9. The fourth-order valence-electron chi connectivity index (χ4n) is 9.78. The summed E-state index contributed by atoms with van der Waals surface area (Å²) in [4.78, 5) is 81.1. The number of anilines is 2. The van der Waals surface area contributed by atoms with Crippen LogP contribution in [0.2, 0.25) is 0 Å². The number of hydrogen-bond acceptors (Lipinski definition) is 16. The molecular formula is C53H62N12O6S2. The van der Waals surface area contributed by atoms with Gasteiger partial charge in [-0.15, -0.1) is 32.9 Å². The summed E-state index contributed by atoms with van der Waals surface area (Å²) in [7, 11) is 1.39. The molecule has 0 spiro atoms. The summed E-state index contributed by atoms with van der Waals surface area (Å²) in [6, 6.07) is 13.7. The summed E-state index contributed by atoms with van der Waals surface area (Å²) in [6.45, 7) is 18.3. The Morgan fingerprint density at radius 3 is 2.22 bits per heavy atom. The number of aliphatic hydroxyl groups excluding tert-OH is 1. The Hall–Kier alpha value is -6.90. The molecule has 7 heterocycles. The monoisotopic (exact) mass is 1030 g/mol. The maximum atomic E-state index is 14.3. The lowest BCUT2D eigenvalue weighted by molar-refractivity contribution is -0.142. The SMILES string of the molecule is COC(=O)CC[C@@H]1N=C(c2ccc(N3CCN(c4cnc(C(=O)N[C@H](C(=O)N5C[C@H](O)C[C@H]5C(=O)N[C@@H](C)c5ccc(-c6scnc6C)cc5)C(C)(C)C)cn4)CC3)cc2)c2c(sc(C)c2C)-n2c(C)nnc21. The van der Waals surface area contributed by atoms with E-state index in [4.69, 9.17) is 9.73 Å². The zero-order valence-electron chi connectivity index (χ0n) is 42.7. The summed E-state index contributed by atoms with van der Waals surface area (Å²) >= 11 is 3.27. The molecule has 382 valence electrons. The molecule has 2 fully saturated rings. The van der Waals surface area contributed by atoms with Crippen molar-refractivity contribution in [2.75, 3.05) is 49.6 Å². The maximum Gasteiger partial charge on any atom is 0.305 e. The van der Waals surface area contributed by atoms with E-state index in [-0.39, 0.29) is 43.0 Å². The van der Waals surface area contributed by atoms with Gasteiger partial charge in [0, 0.05) is 67.3 Å². The van der Waals surface area contributed by atoms with Crippen molar-refractivity contribution in [2.24, 2.45) is 10.4 Å². The van der Waals surface area contributed by atoms with E-state index in [0.717, 1.165) is 73.7 Å². The van der Waals surface area contributed by atoms with Gasteiger partial charge in [0.25, 0.3) is 5.91 Å². The van der Waals surface area contributed by atoms with Gasteiger partial charge < -0.3 is 35.2 Å². The summed E-state index contributed by atoms with van der Waals surface area (Å²) < 4.78 is 7.05. The zero-order valence-corrected chi connectivity index (χ0v) is 44.3. The molecule has 5 atom stereocenters. The van der Waals surface area contributed by atoms with Crippen molar-refractivity contribution in [3.8, 4) is 15.4 Å². The number of amides is 3. The van der Waals surface area contributed by atoms with Crippen molar-refractivity contribution in [3.05, 3.63) is 117 Å². The normalized spacial score (nSPS) is 18.6. The van der Waals surface area contributed by atoms with Crippen LogP contribution >= 0.6 is 22.7 Å². The maximum absolute atomic E-state index is 14.3. The van der Waals surface area contributed by atoms with Crippen molar-refractivity contribution >= 4 is 63.6 Å². The molecule has 6 aromatic rings. The molecule has 18 nitrogen and oxygen atoms in total. The van der Waals surface area contributed by atoms with Crippen LogP contribution in [0.3, 0.4) is 0 Å². The summed E-state index contributed by atoms with van der Waals surface area (Å²) in [6.07, 6.45) is 2.82. The van der Waals surface area contributed by atoms with Gasteiger partial charge in [-0.2, -0.15) is 0 Å². The standard InChI is InChI=1S/C53H62N12O6S2/c1-29-32(4)73-52-44(29)45(58-39(18-19-43(67)71-9)48-61-60-33(5)65(48)52)35-14-16-37(17-15-35)62-20-22-63(23-21-62)42-26-54-40(25-55-42)49(68)59-47(53(6,7)8)51(70)64-27-38(66)24-41(64)50(69)57-30(2)34-10-12-36(13-11-34)46-31(3)56-28-72-46/h10-17,25-26,28,30,38-39,41,47,66H,18-24,27H2,1-9H3,(H,57,69)(H,59,68)/t30-,38+,39-,41-,47+/m0/s1. The molecule has 20 heteroatoms. The average Bonchev–Trinajstić information content (AvgIpc) is 4.16. The number of likely N-dealkylation sites (tertiary alicyclic amines) is 1. The van der Waals surface area contributed by atoms with Crippen LogP contribution in [0.5, 0.6) is 0 Å². The first-order chi connectivity index (χ1) is 34.9. The Bertz CT molecular complexity index is 3040. The number of fused-ring (bicyclic) bond motifs is 3. The van der Waals surface area contributed by atoms with Crippen LogP contribution in [0.4, 0.5) is 11.5 Å². The van der Waals surface area contributed by atoms with E-state index >= 15 is 0 Å². The largest absolute Gasteiger partial charge is 0.469 e. The van der Waals surface area contributed by atoms with E-state index in [1.807, 2.05) is 71.3 Å². The third kappa shape index (κ3) is 10.5. The molecule has 4 aromatic heterocycles. The number of methoxy groups -OCH3 is 1. The first kappa shape index (κ1) is 51.0. The summed E-state index contributed by atoms with van der Waals surface area (Å²) in [5, 5.41) is 26.7. The van der Waals surface area contributed by atoms with Crippen LogP contribution < -0.4 is 20.4 Å². The minimum atomic E-state index is -1.03. The smallest absolute Gasteiger partial charge is 0.305 e. The average molecular weight is 1030 g/mol. The van der Waals surface area contributed by atoms with E-state index < -0.39 is 41.5 Å². The van der Waals surface area contributed by atoms with Gasteiger partial charge in [0.1, 0.15) is 40.5 Å². The van der Waals surface area contributed by atoms with Gasteiger partial charge in [-0.1, -0.05) is 57.2 Å². The van der Waals surface area contributed by atoms with Crippen LogP contribution in [-0.2, 0) is 19.1 Å². The van der Waals surface area contributed by atoms with Gasteiger partial charge >= 0.3 is 5.97 Å². The number of carbonyl (C=O) groups is 4. The summed E-state index contributed by atoms with van der Waals surface area (Å²) in [5.41, 5.74) is 9.10. The quantitative estimate of drug-likeness (QED) is 0.104. The lowest BCUT2D eigenvalue weighted by atomic mass is 9.85. The number of piperazine rings is 1. The van der Waals surface area contributed by atoms with Crippen LogP contribution in [0.15, 0.2) is 71.4 Å². The number of β-amino-alcohol motifs (C(OH)–C–C–N with tert-alkyl or cyclic N) is 1. The lowest BCUT2D eigenvalue weighted by Crippen LogP contribution is -2.58. The number of nitrogens with one attached hydrogen (secondary N) is 2. The zero-order chi connectivity index (χ0) is 51.9. The molecule has 9 rings (SSSR count). The second-order valence-corrected chi connectivity index (χ2v) is 22.1. The highest BCUT2D eigenvalue weighted by Crippen LogP contribution is 2.40. The number of nitrogens with zero attached hydrogens (tertiary/aromatic N) is 10. The Balaban J connectivity index is 0.822. The minimum absolute atomic E-state index is 0.0392. The van der Waals surface area contributed by atoms with Gasteiger partial charge in [-0.25, -0.2) is 15.0 Å². The summed E-state index contributed by atoms with van der Waals surface area (Å²) in [5.74, 6) is 0.392. The highest BCUT2D eigenvalue weighted by Gasteiger charge is 2.45. The first-order valence-corrected chi connectivity index (χ1v) is 26.3. The number of thiazole rings is 1. The van der Waals surface area contributed by atoms with E-state index in [1.165, 1.54) is 23.1 Å². The van der Waals surface area contributed by atoms with Crippen molar-refractivity contribution in [3.63, 3.8) is 0 Å². The van der Waals surface area contributed by atoms with E-state index in [0.29, 0.717) is 31.2 Å². The van der Waals surface area contributed by atoms with E-state index in [9.17, 15) is 24.3 Å². The van der Waals surface area contributed by atoms with Crippen LogP contribution in [0.1, 0.15) is 114 Å². The van der Waals surface area contributed by atoms with E-state index in [1.54, 1.807) is 28.9 Å². The molecule has 3 aliphatic heterocycles. The molecule has 0 bridgehead atoms. The number of ether oxygens (including phenoxy) is 1. The topological polar surface area (TPSA) is 213 Å². The lowest BCUT2D eigenvalue weighted by Gasteiger charge is -2.36. The number of aromatic nitrogens is 6. The fourth-order valence-corrected chi connectivity index (χ4v) is 11.8. The predicted octanol–water partition coefficient (Wildman–Crippen LogP) is 6.63. The number of aryl methyl sites for hydroxylation is 3. The minimum Gasteiger partial charge on any atom is -0.469 e. The van der Waals surface area contributed by atoms with Crippen molar-refractivity contribution in [1.29, 1.82) is 0 Å². The van der Waals surface area contributed by atoms with Crippen molar-refractivity contribution in [1.82, 2.24) is 45.2 Å². The number of thiophene rings is 1. The molecule has 0 saturated carbocycles. The van der Waals surface area contributed by atoms with Gasteiger partial charge in [0.05, 0.1) is 53.4 Å². The Morgan fingerprint density at radius 1 is 0.877 bits per heavy atom. The Kier molecular flexibility index (Phi) is 14.6. The highest BCUT2D eigenvalue weighted by molar-refractivity contribution is 7.15. The van der Waals surface area contributed by atoms with Gasteiger partial charge in [-0.3, -0.25) is 28.7 Å². The van der Waals surface area contributed by atoms with E-state index in [2.05, 4.69) is 88.3 Å². The number of aliphatic hydroxyl groups is 1. The van der Waals surface area contributed by atoms with Gasteiger partial charge in [0.15, 0.2) is 5.82 Å². The molecular weight excluding hydrogens is 965 g/mol. The molecule has 2 saturated heterocycles. The number of esters is 1. The molecule has 0 unspecified atom stereocenters. The number of carbonyl (C=O) groups excluding carboxylic acids is 4. The third-order valence-corrected chi connectivity index (χ3v) is 16.3. The van der Waals surface area contributed by atoms with Crippen molar-refractivity contribution in [2.45, 2.75) is 105 Å². The van der Waals surface area contributed by atoms with Gasteiger partial charge in [0.2, 0.25) is 11.8 Å². The number of aliphatic imine (C=N–C) groups is 1.